The molecule has 1 spiro atoms. The number of hydrogen-bond acceptors (Lipinski definition) is 4. The van der Waals surface area contributed by atoms with Gasteiger partial charge in [-0.15, -0.1) is 0 Å². The molecule has 2 fully saturated rings. The number of alkyl carbamates (subject to hydrolysis) is 1. The Morgan fingerprint density at radius 2 is 2.00 bits per heavy atom. The largest absolute Gasteiger partial charge is 0.445 e. The standard InChI is InChI=1S/C20H28N2O4/c1-19(2,3)26-18(24)22-11-7-10-20(14-22)12-16(20)21-17(23)25-13-15-8-5-4-6-9-15/h4-6,8-9,16H,7,10-14H2,1-3H3,(H,21,23). The minimum Gasteiger partial charge on any atom is -0.445 e. The Balaban J connectivity index is 1.47. The summed E-state index contributed by atoms with van der Waals surface area (Å²) in [5.41, 5.74) is 0.437. The lowest BCUT2D eigenvalue weighted by Gasteiger charge is -2.35. The molecular formula is C20H28N2O4. The van der Waals surface area contributed by atoms with Gasteiger partial charge in [-0.1, -0.05) is 30.3 Å². The van der Waals surface area contributed by atoms with Crippen molar-refractivity contribution in [2.24, 2.45) is 5.41 Å². The fourth-order valence-electron chi connectivity index (χ4n) is 3.55. The van der Waals surface area contributed by atoms with Crippen LogP contribution in [-0.4, -0.2) is 41.8 Å². The van der Waals surface area contributed by atoms with E-state index in [4.69, 9.17) is 9.47 Å². The highest BCUT2D eigenvalue weighted by atomic mass is 16.6. The van der Waals surface area contributed by atoms with Gasteiger partial charge in [0.25, 0.3) is 0 Å². The molecule has 142 valence electrons. The summed E-state index contributed by atoms with van der Waals surface area (Å²) in [6, 6.07) is 9.67. The number of likely N-dealkylation sites (tertiary alicyclic amines) is 1. The number of nitrogens with one attached hydrogen (secondary N) is 1. The average Bonchev–Trinajstić information content (AvgIpc) is 3.22. The predicted molar refractivity (Wildman–Crippen MR) is 97.6 cm³/mol. The van der Waals surface area contributed by atoms with Crippen molar-refractivity contribution in [3.8, 4) is 0 Å². The molecule has 1 heterocycles. The van der Waals surface area contributed by atoms with Crippen LogP contribution in [-0.2, 0) is 16.1 Å². The van der Waals surface area contributed by atoms with Crippen LogP contribution in [0, 0.1) is 5.41 Å². The summed E-state index contributed by atoms with van der Waals surface area (Å²) >= 11 is 0. The van der Waals surface area contributed by atoms with Crippen LogP contribution in [0.25, 0.3) is 0 Å². The number of carbonyl (C=O) groups excluding carboxylic acids is 2. The zero-order valence-corrected chi connectivity index (χ0v) is 15.8. The molecule has 0 aromatic heterocycles. The second kappa shape index (κ2) is 7.17. The molecule has 1 N–H and O–H groups in total. The SMILES string of the molecule is CC(C)(C)OC(=O)N1CCCC2(CC2NC(=O)OCc2ccccc2)C1. The van der Waals surface area contributed by atoms with Gasteiger partial charge in [-0.2, -0.15) is 0 Å². The second-order valence-corrected chi connectivity index (χ2v) is 8.33. The molecule has 1 aromatic rings. The summed E-state index contributed by atoms with van der Waals surface area (Å²) in [7, 11) is 0. The van der Waals surface area contributed by atoms with Gasteiger partial charge in [0.1, 0.15) is 12.2 Å². The lowest BCUT2D eigenvalue weighted by atomic mass is 9.94. The van der Waals surface area contributed by atoms with Crippen molar-refractivity contribution in [1.82, 2.24) is 10.2 Å². The van der Waals surface area contributed by atoms with Crippen molar-refractivity contribution in [2.75, 3.05) is 13.1 Å². The van der Waals surface area contributed by atoms with Gasteiger partial charge in [0.2, 0.25) is 0 Å². The van der Waals surface area contributed by atoms with E-state index in [1.54, 1.807) is 4.90 Å². The summed E-state index contributed by atoms with van der Waals surface area (Å²) in [5, 5.41) is 2.95. The molecule has 1 saturated heterocycles. The minimum atomic E-state index is -0.496. The first kappa shape index (κ1) is 18.5. The van der Waals surface area contributed by atoms with Crippen molar-refractivity contribution >= 4 is 12.2 Å². The molecule has 3 rings (SSSR count). The van der Waals surface area contributed by atoms with E-state index in [9.17, 15) is 9.59 Å². The molecule has 26 heavy (non-hydrogen) atoms. The second-order valence-electron chi connectivity index (χ2n) is 8.33. The number of amides is 2. The zero-order valence-electron chi connectivity index (χ0n) is 15.8. The molecule has 1 aliphatic carbocycles. The molecule has 1 saturated carbocycles. The first-order chi connectivity index (χ1) is 12.3. The maximum absolute atomic E-state index is 12.3. The maximum Gasteiger partial charge on any atom is 0.410 e. The van der Waals surface area contributed by atoms with E-state index in [1.165, 1.54) is 0 Å². The Hall–Kier alpha value is -2.24. The highest BCUT2D eigenvalue weighted by molar-refractivity contribution is 5.70. The topological polar surface area (TPSA) is 67.9 Å². The van der Waals surface area contributed by atoms with Crippen molar-refractivity contribution < 1.29 is 19.1 Å². The molecule has 6 heteroatoms. The van der Waals surface area contributed by atoms with Crippen molar-refractivity contribution in [3.05, 3.63) is 35.9 Å². The number of benzene rings is 1. The third kappa shape index (κ3) is 4.68. The third-order valence-corrected chi connectivity index (χ3v) is 4.95. The number of piperidine rings is 1. The van der Waals surface area contributed by atoms with Crippen LogP contribution < -0.4 is 5.32 Å². The lowest BCUT2D eigenvalue weighted by Crippen LogP contribution is -2.46. The molecule has 0 radical (unpaired) electrons. The minimum absolute atomic E-state index is 0.0269. The number of ether oxygens (including phenoxy) is 2. The number of carbonyl (C=O) groups is 2. The Labute approximate surface area is 154 Å². The van der Waals surface area contributed by atoms with Gasteiger partial charge in [-0.25, -0.2) is 9.59 Å². The van der Waals surface area contributed by atoms with Gasteiger partial charge in [0.05, 0.1) is 0 Å². The number of nitrogens with zero attached hydrogens (tertiary/aromatic N) is 1. The zero-order chi connectivity index (χ0) is 18.8. The Kier molecular flexibility index (Phi) is 5.12. The number of rotatable bonds is 3. The summed E-state index contributed by atoms with van der Waals surface area (Å²) in [4.78, 5) is 26.1. The smallest absolute Gasteiger partial charge is 0.410 e. The molecule has 6 nitrogen and oxygen atoms in total. The van der Waals surface area contributed by atoms with E-state index in [0.29, 0.717) is 13.1 Å². The lowest BCUT2D eigenvalue weighted by molar-refractivity contribution is 0.0142. The fourth-order valence-corrected chi connectivity index (χ4v) is 3.55. The third-order valence-electron chi connectivity index (χ3n) is 4.95. The van der Waals surface area contributed by atoms with Crippen molar-refractivity contribution in [1.29, 1.82) is 0 Å². The van der Waals surface area contributed by atoms with Gasteiger partial charge < -0.3 is 19.7 Å². The summed E-state index contributed by atoms with van der Waals surface area (Å²) in [5.74, 6) is 0. The number of hydrogen-bond donors (Lipinski definition) is 1. The van der Waals surface area contributed by atoms with Gasteiger partial charge in [0, 0.05) is 24.5 Å². The first-order valence-corrected chi connectivity index (χ1v) is 9.23. The van der Waals surface area contributed by atoms with Crippen LogP contribution in [0.15, 0.2) is 30.3 Å². The molecule has 2 atom stereocenters. The first-order valence-electron chi connectivity index (χ1n) is 9.23. The van der Waals surface area contributed by atoms with Crippen LogP contribution in [0.3, 0.4) is 0 Å². The monoisotopic (exact) mass is 360 g/mol. The molecule has 1 aliphatic heterocycles. The predicted octanol–water partition coefficient (Wildman–Crippen LogP) is 3.70. The molecule has 2 amide bonds. The summed E-state index contributed by atoms with van der Waals surface area (Å²) in [6.07, 6.45) is 2.15. The highest BCUT2D eigenvalue weighted by Gasteiger charge is 2.57. The fraction of sp³-hybridized carbons (Fsp3) is 0.600. The van der Waals surface area contributed by atoms with E-state index in [-0.39, 0.29) is 24.2 Å². The van der Waals surface area contributed by atoms with Crippen LogP contribution in [0.5, 0.6) is 0 Å². The summed E-state index contributed by atoms with van der Waals surface area (Å²) in [6.45, 7) is 7.21. The molecule has 2 unspecified atom stereocenters. The quantitative estimate of drug-likeness (QED) is 0.892. The van der Waals surface area contributed by atoms with Crippen LogP contribution in [0.1, 0.15) is 45.6 Å². The van der Waals surface area contributed by atoms with Gasteiger partial charge >= 0.3 is 12.2 Å². The maximum atomic E-state index is 12.3. The summed E-state index contributed by atoms with van der Waals surface area (Å²) < 4.78 is 10.8. The van der Waals surface area contributed by atoms with Crippen molar-refractivity contribution in [2.45, 2.75) is 58.3 Å². The van der Waals surface area contributed by atoms with Gasteiger partial charge in [-0.3, -0.25) is 0 Å². The Bertz CT molecular complexity index is 656. The van der Waals surface area contributed by atoms with E-state index >= 15 is 0 Å². The van der Waals surface area contributed by atoms with E-state index < -0.39 is 11.7 Å². The van der Waals surface area contributed by atoms with Gasteiger partial charge in [0.15, 0.2) is 0 Å². The molecule has 2 aliphatic rings. The van der Waals surface area contributed by atoms with Crippen molar-refractivity contribution in [3.63, 3.8) is 0 Å². The van der Waals surface area contributed by atoms with Crippen LogP contribution >= 0.6 is 0 Å². The van der Waals surface area contributed by atoms with E-state index in [2.05, 4.69) is 5.32 Å². The van der Waals surface area contributed by atoms with Crippen LogP contribution in [0.4, 0.5) is 9.59 Å². The Morgan fingerprint density at radius 3 is 2.69 bits per heavy atom. The normalized spacial score (nSPS) is 24.9. The van der Waals surface area contributed by atoms with E-state index in [0.717, 1.165) is 24.8 Å². The molecule has 1 aromatic carbocycles. The Morgan fingerprint density at radius 1 is 1.27 bits per heavy atom. The average molecular weight is 360 g/mol. The van der Waals surface area contributed by atoms with E-state index in [1.807, 2.05) is 51.1 Å². The molecule has 0 bridgehead atoms. The van der Waals surface area contributed by atoms with Crippen LogP contribution in [0.2, 0.25) is 0 Å². The molecular weight excluding hydrogens is 332 g/mol. The van der Waals surface area contributed by atoms with Gasteiger partial charge in [-0.05, 0) is 45.6 Å². The highest BCUT2D eigenvalue weighted by Crippen LogP contribution is 2.52.